The second kappa shape index (κ2) is 6.33. The first kappa shape index (κ1) is 13.8. The number of hydrogen-bond donors (Lipinski definition) is 1. The van der Waals surface area contributed by atoms with E-state index in [0.29, 0.717) is 18.8 Å². The largest absolute Gasteiger partial charge is 0.480 e. The van der Waals surface area contributed by atoms with Crippen molar-refractivity contribution >= 4 is 17.7 Å². The SMILES string of the molecule is CCC(CC)(SCCC(C)C)C(=O)O. The van der Waals surface area contributed by atoms with Crippen molar-refractivity contribution in [2.75, 3.05) is 5.75 Å². The summed E-state index contributed by atoms with van der Waals surface area (Å²) in [6.07, 6.45) is 2.52. The van der Waals surface area contributed by atoms with Crippen molar-refractivity contribution in [3.05, 3.63) is 0 Å². The fourth-order valence-corrected chi connectivity index (χ4v) is 2.82. The molecule has 84 valence electrons. The molecular weight excluding hydrogens is 196 g/mol. The van der Waals surface area contributed by atoms with Gasteiger partial charge in [0.05, 0.1) is 0 Å². The lowest BCUT2D eigenvalue weighted by atomic mass is 10.0. The van der Waals surface area contributed by atoms with Crippen LogP contribution in [0.3, 0.4) is 0 Å². The molecule has 0 aromatic rings. The van der Waals surface area contributed by atoms with Gasteiger partial charge in [-0.1, -0.05) is 27.7 Å². The maximum Gasteiger partial charge on any atom is 0.319 e. The van der Waals surface area contributed by atoms with Crippen LogP contribution in [0.2, 0.25) is 0 Å². The summed E-state index contributed by atoms with van der Waals surface area (Å²) in [6.45, 7) is 8.25. The van der Waals surface area contributed by atoms with Crippen LogP contribution in [0.15, 0.2) is 0 Å². The molecule has 0 aliphatic carbocycles. The number of aliphatic carboxylic acids is 1. The quantitative estimate of drug-likeness (QED) is 0.711. The molecule has 3 heteroatoms. The molecule has 1 N–H and O–H groups in total. The first-order valence-electron chi connectivity index (χ1n) is 5.35. The predicted octanol–water partition coefficient (Wildman–Crippen LogP) is 3.41. The first-order chi connectivity index (χ1) is 6.48. The maximum absolute atomic E-state index is 11.1. The number of carbonyl (C=O) groups is 1. The lowest BCUT2D eigenvalue weighted by molar-refractivity contribution is -0.140. The Bertz CT molecular complexity index is 174. The molecule has 0 radical (unpaired) electrons. The maximum atomic E-state index is 11.1. The molecule has 2 nitrogen and oxygen atoms in total. The summed E-state index contributed by atoms with van der Waals surface area (Å²) in [6, 6.07) is 0. The van der Waals surface area contributed by atoms with Crippen LogP contribution < -0.4 is 0 Å². The molecular formula is C11H22O2S. The van der Waals surface area contributed by atoms with Crippen molar-refractivity contribution in [2.45, 2.75) is 51.7 Å². The minimum atomic E-state index is -0.656. The monoisotopic (exact) mass is 218 g/mol. The first-order valence-corrected chi connectivity index (χ1v) is 6.34. The number of carboxylic acid groups (broad SMARTS) is 1. The Balaban J connectivity index is 4.16. The Labute approximate surface area is 91.5 Å². The lowest BCUT2D eigenvalue weighted by Gasteiger charge is -2.26. The molecule has 0 bridgehead atoms. The van der Waals surface area contributed by atoms with Crippen molar-refractivity contribution in [3.8, 4) is 0 Å². The highest BCUT2D eigenvalue weighted by molar-refractivity contribution is 8.01. The van der Waals surface area contributed by atoms with Crippen LogP contribution >= 0.6 is 11.8 Å². The molecule has 0 fully saturated rings. The zero-order valence-electron chi connectivity index (χ0n) is 9.67. The van der Waals surface area contributed by atoms with Gasteiger partial charge in [0.1, 0.15) is 4.75 Å². The Kier molecular flexibility index (Phi) is 6.25. The van der Waals surface area contributed by atoms with Crippen molar-refractivity contribution in [3.63, 3.8) is 0 Å². The Morgan fingerprint density at radius 1 is 1.36 bits per heavy atom. The van der Waals surface area contributed by atoms with E-state index in [1.807, 2.05) is 13.8 Å². The fourth-order valence-electron chi connectivity index (χ4n) is 1.31. The summed E-state index contributed by atoms with van der Waals surface area (Å²) in [5.41, 5.74) is 0. The summed E-state index contributed by atoms with van der Waals surface area (Å²) in [5, 5.41) is 9.17. The Morgan fingerprint density at radius 3 is 2.14 bits per heavy atom. The Hall–Kier alpha value is -0.180. The van der Waals surface area contributed by atoms with Gasteiger partial charge in [-0.15, -0.1) is 11.8 Å². The van der Waals surface area contributed by atoms with Gasteiger partial charge in [-0.2, -0.15) is 0 Å². The molecule has 0 unspecified atom stereocenters. The third kappa shape index (κ3) is 3.91. The molecule has 0 atom stereocenters. The van der Waals surface area contributed by atoms with E-state index >= 15 is 0 Å². The van der Waals surface area contributed by atoms with E-state index in [0.717, 1.165) is 12.2 Å². The number of carboxylic acids is 1. The minimum absolute atomic E-state index is 0.547. The van der Waals surface area contributed by atoms with Crippen molar-refractivity contribution in [1.29, 1.82) is 0 Å². The molecule has 0 saturated heterocycles. The van der Waals surface area contributed by atoms with Crippen LogP contribution in [0.5, 0.6) is 0 Å². The molecule has 14 heavy (non-hydrogen) atoms. The third-order valence-corrected chi connectivity index (χ3v) is 4.35. The second-order valence-corrected chi connectivity index (χ2v) is 5.52. The van der Waals surface area contributed by atoms with Gasteiger partial charge in [0.2, 0.25) is 0 Å². The lowest BCUT2D eigenvalue weighted by Crippen LogP contribution is -2.34. The van der Waals surface area contributed by atoms with Crippen molar-refractivity contribution in [1.82, 2.24) is 0 Å². The van der Waals surface area contributed by atoms with Crippen LogP contribution in [0.4, 0.5) is 0 Å². The standard InChI is InChI=1S/C11H22O2S/c1-5-11(6-2,10(12)13)14-8-7-9(3)4/h9H,5-8H2,1-4H3,(H,12,13). The summed E-state index contributed by atoms with van der Waals surface area (Å²) in [4.78, 5) is 11.1. The normalized spacial score (nSPS) is 12.1. The van der Waals surface area contributed by atoms with E-state index in [4.69, 9.17) is 5.11 Å². The van der Waals surface area contributed by atoms with Gasteiger partial charge in [-0.05, 0) is 30.9 Å². The highest BCUT2D eigenvalue weighted by atomic mass is 32.2. The van der Waals surface area contributed by atoms with Crippen LogP contribution in [0.1, 0.15) is 47.0 Å². The number of rotatable bonds is 7. The van der Waals surface area contributed by atoms with Crippen LogP contribution in [-0.2, 0) is 4.79 Å². The highest BCUT2D eigenvalue weighted by Crippen LogP contribution is 2.33. The molecule has 0 heterocycles. The van der Waals surface area contributed by atoms with Crippen LogP contribution in [-0.4, -0.2) is 21.6 Å². The molecule has 0 aliphatic rings. The number of hydrogen-bond acceptors (Lipinski definition) is 2. The molecule has 0 spiro atoms. The fraction of sp³-hybridized carbons (Fsp3) is 0.909. The zero-order chi connectivity index (χ0) is 11.2. The third-order valence-electron chi connectivity index (χ3n) is 2.61. The van der Waals surface area contributed by atoms with Gasteiger partial charge in [-0.25, -0.2) is 0 Å². The van der Waals surface area contributed by atoms with Gasteiger partial charge in [0, 0.05) is 0 Å². The van der Waals surface area contributed by atoms with E-state index in [2.05, 4.69) is 13.8 Å². The van der Waals surface area contributed by atoms with Gasteiger partial charge in [-0.3, -0.25) is 4.79 Å². The topological polar surface area (TPSA) is 37.3 Å². The number of thioether (sulfide) groups is 1. The molecule has 0 aromatic carbocycles. The summed E-state index contributed by atoms with van der Waals surface area (Å²) in [7, 11) is 0. The van der Waals surface area contributed by atoms with E-state index in [1.54, 1.807) is 11.8 Å². The average molecular weight is 218 g/mol. The van der Waals surface area contributed by atoms with Crippen molar-refractivity contribution < 1.29 is 9.90 Å². The van der Waals surface area contributed by atoms with E-state index in [1.165, 1.54) is 0 Å². The highest BCUT2D eigenvalue weighted by Gasteiger charge is 2.34. The molecule has 0 aliphatic heterocycles. The van der Waals surface area contributed by atoms with E-state index < -0.39 is 10.7 Å². The Morgan fingerprint density at radius 2 is 1.86 bits per heavy atom. The summed E-state index contributed by atoms with van der Waals surface area (Å²) in [5.74, 6) is 0.949. The molecule has 0 rings (SSSR count). The zero-order valence-corrected chi connectivity index (χ0v) is 10.5. The molecule has 0 aromatic heterocycles. The summed E-state index contributed by atoms with van der Waals surface area (Å²) < 4.78 is -0.547. The predicted molar refractivity (Wildman–Crippen MR) is 62.9 cm³/mol. The van der Waals surface area contributed by atoms with Gasteiger partial charge in [0.25, 0.3) is 0 Å². The average Bonchev–Trinajstić information content (AvgIpc) is 2.12. The summed E-state index contributed by atoms with van der Waals surface area (Å²) >= 11 is 1.61. The van der Waals surface area contributed by atoms with Gasteiger partial charge in [0.15, 0.2) is 0 Å². The van der Waals surface area contributed by atoms with Crippen LogP contribution in [0, 0.1) is 5.92 Å². The van der Waals surface area contributed by atoms with E-state index in [9.17, 15) is 4.79 Å². The van der Waals surface area contributed by atoms with Gasteiger partial charge < -0.3 is 5.11 Å². The second-order valence-electron chi connectivity index (χ2n) is 4.04. The van der Waals surface area contributed by atoms with Gasteiger partial charge >= 0.3 is 5.97 Å². The molecule has 0 saturated carbocycles. The minimum Gasteiger partial charge on any atom is -0.480 e. The van der Waals surface area contributed by atoms with Crippen molar-refractivity contribution in [2.24, 2.45) is 5.92 Å². The van der Waals surface area contributed by atoms with Crippen LogP contribution in [0.25, 0.3) is 0 Å². The molecule has 0 amide bonds. The van der Waals surface area contributed by atoms with E-state index in [-0.39, 0.29) is 0 Å². The smallest absolute Gasteiger partial charge is 0.319 e.